The number of hydrogen-bond donors (Lipinski definition) is 1. The van der Waals surface area contributed by atoms with E-state index in [0.717, 1.165) is 5.56 Å². The molecule has 0 aliphatic carbocycles. The second-order valence-corrected chi connectivity index (χ2v) is 4.20. The van der Waals surface area contributed by atoms with Crippen molar-refractivity contribution in [1.29, 1.82) is 0 Å². The van der Waals surface area contributed by atoms with E-state index in [2.05, 4.69) is 4.74 Å². The molecule has 1 N–H and O–H groups in total. The lowest BCUT2D eigenvalue weighted by Gasteiger charge is -2.19. The number of nitrogens with zero attached hydrogens (tertiary/aromatic N) is 1. The molecule has 0 bridgehead atoms. The van der Waals surface area contributed by atoms with Gasteiger partial charge in [-0.1, -0.05) is 19.1 Å². The second kappa shape index (κ2) is 7.14. The first kappa shape index (κ1) is 16.3. The highest BCUT2D eigenvalue weighted by Crippen LogP contribution is 2.23. The van der Waals surface area contributed by atoms with Crippen LogP contribution in [-0.2, 0) is 11.3 Å². The lowest BCUT2D eigenvalue weighted by atomic mass is 10.2. The van der Waals surface area contributed by atoms with Crippen LogP contribution in [0.15, 0.2) is 24.3 Å². The van der Waals surface area contributed by atoms with E-state index in [1.54, 1.807) is 0 Å². The Morgan fingerprint density at radius 2 is 1.90 bits per heavy atom. The quantitative estimate of drug-likeness (QED) is 0.839. The Hall–Kier alpha value is -1.76. The van der Waals surface area contributed by atoms with E-state index in [4.69, 9.17) is 5.11 Å². The van der Waals surface area contributed by atoms with Crippen molar-refractivity contribution in [3.63, 3.8) is 0 Å². The van der Waals surface area contributed by atoms with Gasteiger partial charge in [0.25, 0.3) is 0 Å². The van der Waals surface area contributed by atoms with E-state index < -0.39 is 12.3 Å². The van der Waals surface area contributed by atoms with Gasteiger partial charge in [-0.2, -0.15) is 0 Å². The molecule has 0 fully saturated rings. The fraction of sp³-hybridized carbons (Fsp3) is 0.462. The maximum absolute atomic E-state index is 12.0. The van der Waals surface area contributed by atoms with Crippen molar-refractivity contribution in [3.05, 3.63) is 29.8 Å². The Morgan fingerprint density at radius 1 is 1.30 bits per heavy atom. The van der Waals surface area contributed by atoms with E-state index in [1.165, 1.54) is 24.3 Å². The van der Waals surface area contributed by atoms with Crippen molar-refractivity contribution in [3.8, 4) is 5.75 Å². The number of alkyl halides is 3. The standard InChI is InChI=1S/C13H16F3NO3/c1-2-17(8-7-12(18)19)9-10-3-5-11(6-4-10)20-13(14,15)16/h3-6H,2,7-9H2,1H3,(H,18,19). The van der Waals surface area contributed by atoms with Gasteiger partial charge in [0.05, 0.1) is 6.42 Å². The van der Waals surface area contributed by atoms with Gasteiger partial charge >= 0.3 is 12.3 Å². The number of benzene rings is 1. The van der Waals surface area contributed by atoms with Gasteiger partial charge in [0.15, 0.2) is 0 Å². The Labute approximate surface area is 114 Å². The lowest BCUT2D eigenvalue weighted by molar-refractivity contribution is -0.274. The van der Waals surface area contributed by atoms with Crippen LogP contribution in [0.1, 0.15) is 18.9 Å². The molecule has 0 aromatic heterocycles. The first-order valence-electron chi connectivity index (χ1n) is 6.09. The molecule has 0 aliphatic heterocycles. The molecule has 0 radical (unpaired) electrons. The number of carboxylic acids is 1. The predicted molar refractivity (Wildman–Crippen MR) is 66.3 cm³/mol. The van der Waals surface area contributed by atoms with Gasteiger partial charge in [0.1, 0.15) is 5.75 Å². The van der Waals surface area contributed by atoms with Crippen molar-refractivity contribution in [2.75, 3.05) is 13.1 Å². The molecular weight excluding hydrogens is 275 g/mol. The first-order valence-corrected chi connectivity index (χ1v) is 6.09. The van der Waals surface area contributed by atoms with E-state index in [9.17, 15) is 18.0 Å². The molecule has 20 heavy (non-hydrogen) atoms. The zero-order valence-electron chi connectivity index (χ0n) is 11.0. The number of ether oxygens (including phenoxy) is 1. The summed E-state index contributed by atoms with van der Waals surface area (Å²) in [4.78, 5) is 12.4. The first-order chi connectivity index (χ1) is 9.30. The Kier molecular flexibility index (Phi) is 5.82. The van der Waals surface area contributed by atoms with Crippen molar-refractivity contribution < 1.29 is 27.8 Å². The molecular formula is C13H16F3NO3. The molecule has 7 heteroatoms. The molecule has 0 spiro atoms. The highest BCUT2D eigenvalue weighted by atomic mass is 19.4. The third-order valence-electron chi connectivity index (χ3n) is 2.65. The van der Waals surface area contributed by atoms with Crippen molar-refractivity contribution in [1.82, 2.24) is 4.90 Å². The smallest absolute Gasteiger partial charge is 0.481 e. The SMILES string of the molecule is CCN(CCC(=O)O)Cc1ccc(OC(F)(F)F)cc1. The molecule has 1 rings (SSSR count). The van der Waals surface area contributed by atoms with Gasteiger partial charge in [-0.05, 0) is 24.2 Å². The summed E-state index contributed by atoms with van der Waals surface area (Å²) in [6, 6.07) is 5.55. The van der Waals surface area contributed by atoms with Crippen LogP contribution in [0.2, 0.25) is 0 Å². The van der Waals surface area contributed by atoms with Crippen LogP contribution in [0.3, 0.4) is 0 Å². The van der Waals surface area contributed by atoms with Gasteiger partial charge < -0.3 is 9.84 Å². The van der Waals surface area contributed by atoms with Gasteiger partial charge in [0, 0.05) is 13.1 Å². The average Bonchev–Trinajstić information content (AvgIpc) is 2.34. The number of carboxylic acid groups (broad SMARTS) is 1. The van der Waals surface area contributed by atoms with Crippen molar-refractivity contribution >= 4 is 5.97 Å². The van der Waals surface area contributed by atoms with Crippen molar-refractivity contribution in [2.45, 2.75) is 26.3 Å². The van der Waals surface area contributed by atoms with Crippen LogP contribution in [0.25, 0.3) is 0 Å². The second-order valence-electron chi connectivity index (χ2n) is 4.20. The predicted octanol–water partition coefficient (Wildman–Crippen LogP) is 2.88. The summed E-state index contributed by atoms with van der Waals surface area (Å²) in [6.45, 7) is 3.43. The molecule has 112 valence electrons. The summed E-state index contributed by atoms with van der Waals surface area (Å²) in [6.07, 6.45) is -4.67. The van der Waals surface area contributed by atoms with Crippen LogP contribution in [0.5, 0.6) is 5.75 Å². The van der Waals surface area contributed by atoms with Crippen LogP contribution >= 0.6 is 0 Å². The van der Waals surface area contributed by atoms with Crippen LogP contribution in [0.4, 0.5) is 13.2 Å². The normalized spacial score (nSPS) is 11.7. The number of carbonyl (C=O) groups is 1. The average molecular weight is 291 g/mol. The number of aliphatic carboxylic acids is 1. The minimum atomic E-state index is -4.70. The topological polar surface area (TPSA) is 49.8 Å². The molecule has 1 aromatic carbocycles. The van der Waals surface area contributed by atoms with Crippen LogP contribution < -0.4 is 4.74 Å². The van der Waals surface area contributed by atoms with E-state index in [1.807, 2.05) is 11.8 Å². The fourth-order valence-corrected chi connectivity index (χ4v) is 1.66. The molecule has 0 saturated carbocycles. The summed E-state index contributed by atoms with van der Waals surface area (Å²) in [7, 11) is 0. The summed E-state index contributed by atoms with van der Waals surface area (Å²) < 4.78 is 39.8. The molecule has 0 amide bonds. The maximum atomic E-state index is 12.0. The van der Waals surface area contributed by atoms with Gasteiger partial charge in [0.2, 0.25) is 0 Å². The number of hydrogen-bond acceptors (Lipinski definition) is 3. The molecule has 0 atom stereocenters. The maximum Gasteiger partial charge on any atom is 0.573 e. The molecule has 0 unspecified atom stereocenters. The van der Waals surface area contributed by atoms with E-state index >= 15 is 0 Å². The lowest BCUT2D eigenvalue weighted by Crippen LogP contribution is -2.25. The Bertz CT molecular complexity index is 431. The molecule has 1 aromatic rings. The zero-order chi connectivity index (χ0) is 15.2. The summed E-state index contributed by atoms with van der Waals surface area (Å²) >= 11 is 0. The Morgan fingerprint density at radius 3 is 2.35 bits per heavy atom. The number of halogens is 3. The molecule has 0 saturated heterocycles. The largest absolute Gasteiger partial charge is 0.573 e. The Balaban J connectivity index is 2.57. The monoisotopic (exact) mass is 291 g/mol. The summed E-state index contributed by atoms with van der Waals surface area (Å²) in [5.74, 6) is -1.15. The third kappa shape index (κ3) is 6.42. The highest BCUT2D eigenvalue weighted by molar-refractivity contribution is 5.66. The highest BCUT2D eigenvalue weighted by Gasteiger charge is 2.30. The molecule has 0 aliphatic rings. The van der Waals surface area contributed by atoms with Crippen molar-refractivity contribution in [2.24, 2.45) is 0 Å². The van der Waals surface area contributed by atoms with Crippen LogP contribution in [0, 0.1) is 0 Å². The summed E-state index contributed by atoms with van der Waals surface area (Å²) in [5.41, 5.74) is 0.798. The van der Waals surface area contributed by atoms with Gasteiger partial charge in [-0.25, -0.2) is 0 Å². The van der Waals surface area contributed by atoms with E-state index in [-0.39, 0.29) is 12.2 Å². The van der Waals surface area contributed by atoms with Crippen LogP contribution in [-0.4, -0.2) is 35.4 Å². The number of rotatable bonds is 7. The molecule has 0 heterocycles. The zero-order valence-corrected chi connectivity index (χ0v) is 11.0. The fourth-order valence-electron chi connectivity index (χ4n) is 1.66. The minimum absolute atomic E-state index is 0.0309. The minimum Gasteiger partial charge on any atom is -0.481 e. The summed E-state index contributed by atoms with van der Waals surface area (Å²) in [5, 5.41) is 8.62. The third-order valence-corrected chi connectivity index (χ3v) is 2.65. The van der Waals surface area contributed by atoms with Gasteiger partial charge in [-0.15, -0.1) is 13.2 Å². The van der Waals surface area contributed by atoms with Gasteiger partial charge in [-0.3, -0.25) is 9.69 Å². The van der Waals surface area contributed by atoms with E-state index in [0.29, 0.717) is 19.6 Å². The molecule has 4 nitrogen and oxygen atoms in total.